The molecule has 0 radical (unpaired) electrons. The molecule has 98 valence electrons. The largest absolute Gasteiger partial charge is 0.381 e. The van der Waals surface area contributed by atoms with Crippen molar-refractivity contribution in [1.29, 1.82) is 5.26 Å². The molecule has 2 aromatic rings. The number of nitrogens with one attached hydrogen (secondary N) is 1. The molecule has 1 saturated heterocycles. The maximum atomic E-state index is 8.63. The summed E-state index contributed by atoms with van der Waals surface area (Å²) in [4.78, 5) is 8.11. The van der Waals surface area contributed by atoms with Gasteiger partial charge in [0.25, 0.3) is 0 Å². The van der Waals surface area contributed by atoms with E-state index in [-0.39, 0.29) is 0 Å². The maximum absolute atomic E-state index is 8.63. The molecule has 0 atom stereocenters. The summed E-state index contributed by atoms with van der Waals surface area (Å²) in [6.45, 7) is 1.66. The van der Waals surface area contributed by atoms with Gasteiger partial charge in [-0.25, -0.2) is 4.98 Å². The lowest BCUT2D eigenvalue weighted by atomic mass is 10.00. The Morgan fingerprint density at radius 3 is 3.00 bits per heavy atom. The summed E-state index contributed by atoms with van der Waals surface area (Å²) < 4.78 is 5.39. The molecule has 4 heteroatoms. The monoisotopic (exact) mass is 255 g/mol. The number of nitriles is 1. The Morgan fingerprint density at radius 2 is 2.21 bits per heavy atom. The topological polar surface area (TPSA) is 61.7 Å². The summed E-state index contributed by atoms with van der Waals surface area (Å²) in [6.07, 6.45) is 3.45. The first kappa shape index (κ1) is 12.2. The highest BCUT2D eigenvalue weighted by Gasteiger charge is 2.19. The highest BCUT2D eigenvalue weighted by atomic mass is 16.5. The van der Waals surface area contributed by atoms with Crippen LogP contribution in [0.3, 0.4) is 0 Å². The third-order valence-corrected chi connectivity index (χ3v) is 3.70. The SMILES string of the molecule is N#CCCc1ccc2nc(C3CCOCC3)[nH]c2c1. The lowest BCUT2D eigenvalue weighted by molar-refractivity contribution is 0.0838. The summed E-state index contributed by atoms with van der Waals surface area (Å²) in [5.74, 6) is 1.57. The van der Waals surface area contributed by atoms with Gasteiger partial charge in [-0.15, -0.1) is 0 Å². The maximum Gasteiger partial charge on any atom is 0.110 e. The zero-order chi connectivity index (χ0) is 13.1. The normalized spacial score (nSPS) is 16.6. The lowest BCUT2D eigenvalue weighted by Gasteiger charge is -2.19. The summed E-state index contributed by atoms with van der Waals surface area (Å²) in [5.41, 5.74) is 3.29. The number of aryl methyl sites for hydroxylation is 1. The molecule has 3 rings (SSSR count). The van der Waals surface area contributed by atoms with Gasteiger partial charge < -0.3 is 9.72 Å². The zero-order valence-corrected chi connectivity index (χ0v) is 10.9. The van der Waals surface area contributed by atoms with E-state index in [9.17, 15) is 0 Å². The fourth-order valence-corrected chi connectivity index (χ4v) is 2.60. The third kappa shape index (κ3) is 2.61. The minimum Gasteiger partial charge on any atom is -0.381 e. The number of fused-ring (bicyclic) bond motifs is 1. The van der Waals surface area contributed by atoms with Crippen molar-refractivity contribution in [3.05, 3.63) is 29.6 Å². The third-order valence-electron chi connectivity index (χ3n) is 3.70. The Kier molecular flexibility index (Phi) is 3.47. The standard InChI is InChI=1S/C15H17N3O/c16-7-1-2-11-3-4-13-14(10-11)18-15(17-13)12-5-8-19-9-6-12/h3-4,10,12H,1-2,5-6,8-9H2,(H,17,18). The van der Waals surface area contributed by atoms with Gasteiger partial charge in [0.05, 0.1) is 17.1 Å². The molecule has 1 aliphatic heterocycles. The molecule has 1 fully saturated rings. The van der Waals surface area contributed by atoms with Crippen LogP contribution in [0.25, 0.3) is 11.0 Å². The highest BCUT2D eigenvalue weighted by Crippen LogP contribution is 2.26. The van der Waals surface area contributed by atoms with Crippen molar-refractivity contribution >= 4 is 11.0 Å². The van der Waals surface area contributed by atoms with Crippen LogP contribution in [-0.2, 0) is 11.2 Å². The molecule has 19 heavy (non-hydrogen) atoms. The molecule has 0 aliphatic carbocycles. The molecule has 0 unspecified atom stereocenters. The van der Waals surface area contributed by atoms with E-state index in [1.807, 2.05) is 6.07 Å². The first-order valence-electron chi connectivity index (χ1n) is 6.80. The minimum absolute atomic E-state index is 0.490. The van der Waals surface area contributed by atoms with Crippen LogP contribution in [0, 0.1) is 11.3 Å². The number of H-pyrrole nitrogens is 1. The van der Waals surface area contributed by atoms with E-state index in [0.717, 1.165) is 49.3 Å². The second-order valence-electron chi connectivity index (χ2n) is 5.02. The number of benzene rings is 1. The van der Waals surface area contributed by atoms with E-state index in [4.69, 9.17) is 10.00 Å². The zero-order valence-electron chi connectivity index (χ0n) is 10.9. The van der Waals surface area contributed by atoms with E-state index in [1.54, 1.807) is 0 Å². The molecule has 1 aromatic heterocycles. The smallest absolute Gasteiger partial charge is 0.110 e. The van der Waals surface area contributed by atoms with Crippen LogP contribution in [0.5, 0.6) is 0 Å². The van der Waals surface area contributed by atoms with Crippen LogP contribution < -0.4 is 0 Å². The van der Waals surface area contributed by atoms with Crippen molar-refractivity contribution in [2.24, 2.45) is 0 Å². The van der Waals surface area contributed by atoms with Crippen molar-refractivity contribution in [3.8, 4) is 6.07 Å². The van der Waals surface area contributed by atoms with Crippen LogP contribution in [0.1, 0.15) is 36.6 Å². The van der Waals surface area contributed by atoms with E-state index in [1.165, 1.54) is 5.56 Å². The Balaban J connectivity index is 1.85. The molecule has 4 nitrogen and oxygen atoms in total. The molecular formula is C15H17N3O. The van der Waals surface area contributed by atoms with Crippen molar-refractivity contribution in [2.45, 2.75) is 31.6 Å². The second-order valence-corrected chi connectivity index (χ2v) is 5.02. The number of nitrogens with zero attached hydrogens (tertiary/aromatic N) is 2. The summed E-state index contributed by atoms with van der Waals surface area (Å²) in [6, 6.07) is 8.40. The van der Waals surface area contributed by atoms with Gasteiger partial charge in [0.15, 0.2) is 0 Å². The van der Waals surface area contributed by atoms with Gasteiger partial charge in [-0.1, -0.05) is 6.07 Å². The van der Waals surface area contributed by atoms with E-state index >= 15 is 0 Å². The van der Waals surface area contributed by atoms with Crippen molar-refractivity contribution in [1.82, 2.24) is 9.97 Å². The van der Waals surface area contributed by atoms with E-state index in [2.05, 4.69) is 28.2 Å². The van der Waals surface area contributed by atoms with Crippen LogP contribution in [0.15, 0.2) is 18.2 Å². The summed E-state index contributed by atoms with van der Waals surface area (Å²) in [5, 5.41) is 8.63. The number of hydrogen-bond donors (Lipinski definition) is 1. The molecule has 0 saturated carbocycles. The summed E-state index contributed by atoms with van der Waals surface area (Å²) in [7, 11) is 0. The first-order valence-corrected chi connectivity index (χ1v) is 6.80. The Morgan fingerprint density at radius 1 is 1.37 bits per heavy atom. The summed E-state index contributed by atoms with van der Waals surface area (Å²) >= 11 is 0. The number of aromatic amines is 1. The van der Waals surface area contributed by atoms with Crippen molar-refractivity contribution in [3.63, 3.8) is 0 Å². The Labute approximate surface area is 112 Å². The Hall–Kier alpha value is -1.86. The number of imidazole rings is 1. The van der Waals surface area contributed by atoms with E-state index < -0.39 is 0 Å². The fraction of sp³-hybridized carbons (Fsp3) is 0.467. The number of rotatable bonds is 3. The molecule has 0 amide bonds. The molecule has 1 N–H and O–H groups in total. The van der Waals surface area contributed by atoms with Gasteiger partial charge in [0, 0.05) is 25.6 Å². The number of hydrogen-bond acceptors (Lipinski definition) is 3. The first-order chi connectivity index (χ1) is 9.36. The predicted molar refractivity (Wildman–Crippen MR) is 72.8 cm³/mol. The quantitative estimate of drug-likeness (QED) is 0.917. The van der Waals surface area contributed by atoms with Gasteiger partial charge in [-0.05, 0) is 37.0 Å². The lowest BCUT2D eigenvalue weighted by Crippen LogP contribution is -2.15. The molecule has 1 aromatic carbocycles. The van der Waals surface area contributed by atoms with Gasteiger partial charge in [0.2, 0.25) is 0 Å². The molecular weight excluding hydrogens is 238 g/mol. The minimum atomic E-state index is 0.490. The highest BCUT2D eigenvalue weighted by molar-refractivity contribution is 5.76. The molecule has 0 spiro atoms. The van der Waals surface area contributed by atoms with Crippen LogP contribution in [0.2, 0.25) is 0 Å². The average Bonchev–Trinajstić information content (AvgIpc) is 2.89. The Bertz CT molecular complexity index is 605. The van der Waals surface area contributed by atoms with Crippen molar-refractivity contribution in [2.75, 3.05) is 13.2 Å². The van der Waals surface area contributed by atoms with Gasteiger partial charge >= 0.3 is 0 Å². The van der Waals surface area contributed by atoms with Crippen LogP contribution in [-0.4, -0.2) is 23.2 Å². The fourth-order valence-electron chi connectivity index (χ4n) is 2.60. The predicted octanol–water partition coefficient (Wildman–Crippen LogP) is 2.91. The number of aromatic nitrogens is 2. The molecule has 0 bridgehead atoms. The van der Waals surface area contributed by atoms with Gasteiger partial charge in [-0.2, -0.15) is 5.26 Å². The number of ether oxygens (including phenoxy) is 1. The van der Waals surface area contributed by atoms with E-state index in [0.29, 0.717) is 12.3 Å². The van der Waals surface area contributed by atoms with Crippen LogP contribution in [0.4, 0.5) is 0 Å². The van der Waals surface area contributed by atoms with Gasteiger partial charge in [0.1, 0.15) is 5.82 Å². The van der Waals surface area contributed by atoms with Crippen molar-refractivity contribution < 1.29 is 4.74 Å². The van der Waals surface area contributed by atoms with Crippen LogP contribution >= 0.6 is 0 Å². The average molecular weight is 255 g/mol. The molecule has 1 aliphatic rings. The second kappa shape index (κ2) is 5.41. The molecule has 2 heterocycles. The van der Waals surface area contributed by atoms with Gasteiger partial charge in [-0.3, -0.25) is 0 Å².